The summed E-state index contributed by atoms with van der Waals surface area (Å²) in [6.45, 7) is 6.13. The minimum absolute atomic E-state index is 0.143. The predicted octanol–water partition coefficient (Wildman–Crippen LogP) is 5.16. The molecule has 0 aliphatic rings. The van der Waals surface area contributed by atoms with Crippen LogP contribution < -0.4 is 10.1 Å². The summed E-state index contributed by atoms with van der Waals surface area (Å²) in [5.74, 6) is 0.574. The minimum atomic E-state index is -0.185. The lowest BCUT2D eigenvalue weighted by Crippen LogP contribution is -2.12. The van der Waals surface area contributed by atoms with Gasteiger partial charge in [-0.3, -0.25) is 4.79 Å². The summed E-state index contributed by atoms with van der Waals surface area (Å²) in [7, 11) is 0. The highest BCUT2D eigenvalue weighted by molar-refractivity contribution is 6.05. The zero-order chi connectivity index (χ0) is 21.1. The quantitative estimate of drug-likeness (QED) is 0.485. The Kier molecular flexibility index (Phi) is 5.48. The van der Waals surface area contributed by atoms with Gasteiger partial charge in [0.25, 0.3) is 5.91 Å². The summed E-state index contributed by atoms with van der Waals surface area (Å²) in [5.41, 5.74) is 4.78. The monoisotopic (exact) mass is 400 g/mol. The zero-order valence-electron chi connectivity index (χ0n) is 17.3. The average Bonchev–Trinajstić information content (AvgIpc) is 3.18. The number of anilines is 1. The predicted molar refractivity (Wildman–Crippen MR) is 118 cm³/mol. The first-order valence-corrected chi connectivity index (χ1v) is 10.0. The summed E-state index contributed by atoms with van der Waals surface area (Å²) in [5, 5.41) is 12.0. The number of carbonyl (C=O) groups excluding carboxylic acids is 1. The van der Waals surface area contributed by atoms with Crippen LogP contribution in [0.1, 0.15) is 36.2 Å². The maximum atomic E-state index is 12.6. The Labute approximate surface area is 175 Å². The maximum absolute atomic E-state index is 12.6. The Morgan fingerprint density at radius 2 is 1.70 bits per heavy atom. The molecule has 1 aromatic heterocycles. The fourth-order valence-corrected chi connectivity index (χ4v) is 2.99. The summed E-state index contributed by atoms with van der Waals surface area (Å²) >= 11 is 0. The van der Waals surface area contributed by atoms with Crippen molar-refractivity contribution in [2.45, 2.75) is 33.3 Å². The molecule has 0 unspecified atom stereocenters. The van der Waals surface area contributed by atoms with E-state index in [1.807, 2.05) is 68.4 Å². The number of carbonyl (C=O) groups is 1. The van der Waals surface area contributed by atoms with Crippen LogP contribution in [0.3, 0.4) is 0 Å². The molecule has 0 fully saturated rings. The van der Waals surface area contributed by atoms with Crippen molar-refractivity contribution in [2.24, 2.45) is 0 Å². The molecule has 0 aliphatic heterocycles. The average molecular weight is 400 g/mol. The van der Waals surface area contributed by atoms with Crippen LogP contribution >= 0.6 is 0 Å². The fraction of sp³-hybridized carbons (Fsp3) is 0.208. The van der Waals surface area contributed by atoms with Gasteiger partial charge in [-0.1, -0.05) is 24.6 Å². The molecule has 0 saturated carbocycles. The van der Waals surface area contributed by atoms with E-state index in [9.17, 15) is 4.79 Å². The number of hydrogen-bond acceptors (Lipinski definition) is 4. The van der Waals surface area contributed by atoms with Crippen molar-refractivity contribution < 1.29 is 9.53 Å². The van der Waals surface area contributed by atoms with Gasteiger partial charge in [0.15, 0.2) is 0 Å². The molecule has 4 rings (SSSR count). The minimum Gasteiger partial charge on any atom is -0.491 e. The SMILES string of the molecule is CC[C@H](C)Oc1ccc(C(=O)Nc2ccc3nn(-c4ccc(C)cc4)nc3c2)cc1. The second kappa shape index (κ2) is 8.37. The lowest BCUT2D eigenvalue weighted by Gasteiger charge is -2.12. The number of benzene rings is 3. The third-order valence-electron chi connectivity index (χ3n) is 4.93. The molecule has 0 saturated heterocycles. The lowest BCUT2D eigenvalue weighted by atomic mass is 10.2. The highest BCUT2D eigenvalue weighted by Crippen LogP contribution is 2.20. The molecule has 1 N–H and O–H groups in total. The first-order chi connectivity index (χ1) is 14.5. The van der Waals surface area contributed by atoms with Gasteiger partial charge in [-0.25, -0.2) is 0 Å². The Balaban J connectivity index is 1.49. The molecule has 6 heteroatoms. The molecular weight excluding hydrogens is 376 g/mol. The Morgan fingerprint density at radius 3 is 2.40 bits per heavy atom. The van der Waals surface area contributed by atoms with Crippen molar-refractivity contribution in [2.75, 3.05) is 5.32 Å². The second-order valence-corrected chi connectivity index (χ2v) is 7.34. The third-order valence-corrected chi connectivity index (χ3v) is 4.93. The van der Waals surface area contributed by atoms with Crippen molar-refractivity contribution in [3.05, 3.63) is 77.9 Å². The van der Waals surface area contributed by atoms with Gasteiger partial charge in [0.2, 0.25) is 0 Å². The molecule has 1 amide bonds. The van der Waals surface area contributed by atoms with Crippen LogP contribution in [0.2, 0.25) is 0 Å². The molecule has 0 aliphatic carbocycles. The van der Waals surface area contributed by atoms with Crippen molar-refractivity contribution in [1.29, 1.82) is 0 Å². The normalized spacial score (nSPS) is 12.0. The van der Waals surface area contributed by atoms with Gasteiger partial charge >= 0.3 is 0 Å². The van der Waals surface area contributed by atoms with E-state index in [0.717, 1.165) is 23.4 Å². The molecule has 1 atom stereocenters. The molecule has 0 bridgehead atoms. The number of aryl methyl sites for hydroxylation is 1. The number of nitrogens with one attached hydrogen (secondary N) is 1. The Morgan fingerprint density at radius 1 is 1.00 bits per heavy atom. The number of rotatable bonds is 6. The fourth-order valence-electron chi connectivity index (χ4n) is 2.99. The molecule has 152 valence electrons. The van der Waals surface area contributed by atoms with E-state index in [1.54, 1.807) is 16.9 Å². The van der Waals surface area contributed by atoms with Crippen LogP contribution in [-0.4, -0.2) is 27.0 Å². The summed E-state index contributed by atoms with van der Waals surface area (Å²) in [6.07, 6.45) is 1.07. The number of hydrogen-bond donors (Lipinski definition) is 1. The van der Waals surface area contributed by atoms with Gasteiger partial charge in [-0.2, -0.15) is 4.80 Å². The smallest absolute Gasteiger partial charge is 0.255 e. The van der Waals surface area contributed by atoms with Crippen LogP contribution in [0.4, 0.5) is 5.69 Å². The number of nitrogens with zero attached hydrogens (tertiary/aromatic N) is 3. The van der Waals surface area contributed by atoms with Crippen LogP contribution in [0.15, 0.2) is 66.7 Å². The summed E-state index contributed by atoms with van der Waals surface area (Å²) in [4.78, 5) is 14.2. The number of amides is 1. The summed E-state index contributed by atoms with van der Waals surface area (Å²) in [6, 6.07) is 20.7. The van der Waals surface area contributed by atoms with E-state index in [4.69, 9.17) is 4.74 Å². The van der Waals surface area contributed by atoms with Crippen molar-refractivity contribution >= 4 is 22.6 Å². The molecular formula is C24H24N4O2. The van der Waals surface area contributed by atoms with E-state index in [1.165, 1.54) is 5.56 Å². The highest BCUT2D eigenvalue weighted by Gasteiger charge is 2.10. The second-order valence-electron chi connectivity index (χ2n) is 7.34. The van der Waals surface area contributed by atoms with Crippen molar-refractivity contribution in [3.8, 4) is 11.4 Å². The Hall–Kier alpha value is -3.67. The summed E-state index contributed by atoms with van der Waals surface area (Å²) < 4.78 is 5.76. The van der Waals surface area contributed by atoms with E-state index in [2.05, 4.69) is 22.4 Å². The van der Waals surface area contributed by atoms with E-state index in [-0.39, 0.29) is 12.0 Å². The number of fused-ring (bicyclic) bond motifs is 1. The van der Waals surface area contributed by atoms with Gasteiger partial charge in [-0.05, 0) is 74.9 Å². The van der Waals surface area contributed by atoms with Gasteiger partial charge in [0.05, 0.1) is 11.8 Å². The molecule has 3 aromatic carbocycles. The van der Waals surface area contributed by atoms with Crippen molar-refractivity contribution in [3.63, 3.8) is 0 Å². The van der Waals surface area contributed by atoms with Gasteiger partial charge in [-0.15, -0.1) is 10.2 Å². The first-order valence-electron chi connectivity index (χ1n) is 10.0. The first kappa shape index (κ1) is 19.6. The van der Waals surface area contributed by atoms with Gasteiger partial charge < -0.3 is 10.1 Å². The molecule has 1 heterocycles. The van der Waals surface area contributed by atoms with Crippen molar-refractivity contribution in [1.82, 2.24) is 15.0 Å². The van der Waals surface area contributed by atoms with Crippen LogP contribution in [0.25, 0.3) is 16.7 Å². The lowest BCUT2D eigenvalue weighted by molar-refractivity contribution is 0.102. The largest absolute Gasteiger partial charge is 0.491 e. The molecule has 0 spiro atoms. The van der Waals surface area contributed by atoms with E-state index in [0.29, 0.717) is 16.8 Å². The molecule has 6 nitrogen and oxygen atoms in total. The molecule has 4 aromatic rings. The van der Waals surface area contributed by atoms with E-state index >= 15 is 0 Å². The van der Waals surface area contributed by atoms with Gasteiger partial charge in [0, 0.05) is 11.3 Å². The zero-order valence-corrected chi connectivity index (χ0v) is 17.3. The van der Waals surface area contributed by atoms with Gasteiger partial charge in [0.1, 0.15) is 16.8 Å². The van der Waals surface area contributed by atoms with Crippen LogP contribution in [0.5, 0.6) is 5.75 Å². The van der Waals surface area contributed by atoms with E-state index < -0.39 is 0 Å². The molecule has 0 radical (unpaired) electrons. The number of ether oxygens (including phenoxy) is 1. The topological polar surface area (TPSA) is 69.0 Å². The Bertz CT molecular complexity index is 1160. The van der Waals surface area contributed by atoms with Crippen LogP contribution in [-0.2, 0) is 0 Å². The third kappa shape index (κ3) is 4.33. The highest BCUT2D eigenvalue weighted by atomic mass is 16.5. The number of aromatic nitrogens is 3. The standard InChI is InChI=1S/C24H24N4O2/c1-4-17(3)30-21-12-7-18(8-13-21)24(29)25-19-9-14-22-23(15-19)27-28(26-22)20-10-5-16(2)6-11-20/h5-15,17H,4H2,1-3H3,(H,25,29)/t17-/m0/s1. The maximum Gasteiger partial charge on any atom is 0.255 e. The van der Waals surface area contributed by atoms with Crippen LogP contribution in [0, 0.1) is 6.92 Å². The molecule has 30 heavy (non-hydrogen) atoms.